The van der Waals surface area contributed by atoms with E-state index in [1.54, 1.807) is 4.90 Å². The van der Waals surface area contributed by atoms with Gasteiger partial charge in [-0.3, -0.25) is 15.1 Å². The number of aliphatic imine (C=N–C) groups is 1. The number of carbonyl (C=O) groups excluding carboxylic acids is 1. The summed E-state index contributed by atoms with van der Waals surface area (Å²) in [7, 11) is 0. The van der Waals surface area contributed by atoms with Gasteiger partial charge in [0.2, 0.25) is 11.0 Å². The zero-order valence-corrected chi connectivity index (χ0v) is 26.0. The van der Waals surface area contributed by atoms with Crippen LogP contribution in [0.2, 0.25) is 0 Å². The van der Waals surface area contributed by atoms with Crippen molar-refractivity contribution < 1.29 is 22.7 Å². The van der Waals surface area contributed by atoms with Gasteiger partial charge >= 0.3 is 6.36 Å². The first-order valence-corrected chi connectivity index (χ1v) is 15.6. The minimum absolute atomic E-state index is 0.0281. The molecule has 1 aromatic heterocycles. The summed E-state index contributed by atoms with van der Waals surface area (Å²) in [5, 5.41) is 5.19. The van der Waals surface area contributed by atoms with Crippen LogP contribution in [0.1, 0.15) is 43.9 Å². The summed E-state index contributed by atoms with van der Waals surface area (Å²) in [5.41, 5.74) is 10.3. The second-order valence-electron chi connectivity index (χ2n) is 10.1. The van der Waals surface area contributed by atoms with Gasteiger partial charge in [-0.05, 0) is 73.4 Å². The van der Waals surface area contributed by atoms with Gasteiger partial charge in [-0.15, -0.1) is 18.3 Å². The SMILES string of the molecule is CCCCc1ccccc1N1C(=O)CSC1=NC(=S)NNC(C)c1ccc(-c2ncn(-c3ccc(OC(F)(F)F)cc3)n2)cc1. The van der Waals surface area contributed by atoms with Crippen molar-refractivity contribution in [2.24, 2.45) is 4.99 Å². The number of anilines is 1. The van der Waals surface area contributed by atoms with Gasteiger partial charge < -0.3 is 4.74 Å². The number of unbranched alkanes of at least 4 members (excludes halogenated alkanes) is 1. The highest BCUT2D eigenvalue weighted by Crippen LogP contribution is 2.31. The molecule has 45 heavy (non-hydrogen) atoms. The summed E-state index contributed by atoms with van der Waals surface area (Å²) in [5.74, 6) is 0.415. The quantitative estimate of drug-likeness (QED) is 0.143. The lowest BCUT2D eigenvalue weighted by Crippen LogP contribution is -2.38. The Morgan fingerprint density at radius 1 is 1.11 bits per heavy atom. The van der Waals surface area contributed by atoms with Crippen molar-refractivity contribution in [1.82, 2.24) is 25.6 Å². The number of aromatic nitrogens is 3. The van der Waals surface area contributed by atoms with E-state index >= 15 is 0 Å². The van der Waals surface area contributed by atoms with Crippen LogP contribution in [0.3, 0.4) is 0 Å². The first-order chi connectivity index (χ1) is 21.6. The number of ether oxygens (including phenoxy) is 1. The van der Waals surface area contributed by atoms with Crippen LogP contribution >= 0.6 is 24.0 Å². The van der Waals surface area contributed by atoms with Gasteiger partial charge in [-0.2, -0.15) is 4.99 Å². The van der Waals surface area contributed by atoms with Crippen molar-refractivity contribution in [3.8, 4) is 22.8 Å². The molecule has 5 rings (SSSR count). The molecule has 1 atom stereocenters. The Hall–Kier alpha value is -4.27. The van der Waals surface area contributed by atoms with Crippen LogP contribution in [0.5, 0.6) is 5.75 Å². The lowest BCUT2D eigenvalue weighted by Gasteiger charge is -2.20. The molecule has 1 saturated heterocycles. The Balaban J connectivity index is 1.19. The Bertz CT molecular complexity index is 1680. The van der Waals surface area contributed by atoms with Gasteiger partial charge in [0.1, 0.15) is 12.1 Å². The van der Waals surface area contributed by atoms with E-state index in [0.29, 0.717) is 22.4 Å². The van der Waals surface area contributed by atoms with Crippen LogP contribution in [0.4, 0.5) is 18.9 Å². The van der Waals surface area contributed by atoms with Crippen molar-refractivity contribution in [2.75, 3.05) is 10.7 Å². The smallest absolute Gasteiger partial charge is 0.406 e. The topological polar surface area (TPSA) is 96.7 Å². The van der Waals surface area contributed by atoms with Crippen LogP contribution in [0.25, 0.3) is 17.1 Å². The minimum Gasteiger partial charge on any atom is -0.406 e. The molecule has 1 aliphatic heterocycles. The Morgan fingerprint density at radius 2 is 1.84 bits per heavy atom. The van der Waals surface area contributed by atoms with Gasteiger partial charge in [0.05, 0.1) is 17.1 Å². The summed E-state index contributed by atoms with van der Waals surface area (Å²) in [6, 6.07) is 20.7. The number of nitrogens with zero attached hydrogens (tertiary/aromatic N) is 5. The molecule has 0 saturated carbocycles. The molecular weight excluding hydrogens is 624 g/mol. The Morgan fingerprint density at radius 3 is 2.56 bits per heavy atom. The summed E-state index contributed by atoms with van der Waals surface area (Å²) in [6.07, 6.45) is -0.296. The molecule has 3 aromatic carbocycles. The second kappa shape index (κ2) is 14.2. The number of hydrazine groups is 1. The molecule has 1 unspecified atom stereocenters. The normalized spacial score (nSPS) is 15.0. The maximum atomic E-state index is 12.8. The average Bonchev–Trinajstić information content (AvgIpc) is 3.66. The number of carbonyl (C=O) groups is 1. The molecule has 1 fully saturated rings. The van der Waals surface area contributed by atoms with Gasteiger partial charge in [0.15, 0.2) is 11.0 Å². The second-order valence-corrected chi connectivity index (χ2v) is 11.4. The van der Waals surface area contributed by atoms with Gasteiger partial charge in [-0.25, -0.2) is 15.1 Å². The molecule has 9 nitrogen and oxygen atoms in total. The summed E-state index contributed by atoms with van der Waals surface area (Å²) in [4.78, 5) is 23.3. The number of amidine groups is 1. The lowest BCUT2D eigenvalue weighted by atomic mass is 10.1. The molecule has 234 valence electrons. The van der Waals surface area contributed by atoms with Crippen molar-refractivity contribution in [1.29, 1.82) is 0 Å². The molecule has 0 aliphatic carbocycles. The average molecular weight is 654 g/mol. The van der Waals surface area contributed by atoms with Crippen molar-refractivity contribution >= 4 is 45.9 Å². The maximum Gasteiger partial charge on any atom is 0.573 e. The molecule has 14 heteroatoms. The van der Waals surface area contributed by atoms with E-state index in [1.165, 1.54) is 47.0 Å². The largest absolute Gasteiger partial charge is 0.573 e. The first-order valence-electron chi connectivity index (χ1n) is 14.2. The fourth-order valence-electron chi connectivity index (χ4n) is 4.60. The number of rotatable bonds is 10. The predicted octanol–water partition coefficient (Wildman–Crippen LogP) is 6.75. The summed E-state index contributed by atoms with van der Waals surface area (Å²) >= 11 is 6.83. The van der Waals surface area contributed by atoms with Crippen LogP contribution in [0.15, 0.2) is 84.1 Å². The number of thiocarbonyl (C=S) groups is 1. The van der Waals surface area contributed by atoms with Crippen molar-refractivity contribution in [2.45, 2.75) is 45.5 Å². The number of aryl methyl sites for hydroxylation is 1. The number of para-hydroxylation sites is 1. The third kappa shape index (κ3) is 8.26. The molecule has 0 bridgehead atoms. The van der Waals surface area contributed by atoms with Gasteiger partial charge in [0, 0.05) is 11.6 Å². The molecule has 0 radical (unpaired) electrons. The fourth-order valence-corrected chi connectivity index (χ4v) is 5.67. The molecule has 1 aliphatic rings. The molecular formula is C31H30F3N7O2S2. The number of alkyl halides is 3. The number of halogens is 3. The van der Waals surface area contributed by atoms with E-state index in [1.807, 2.05) is 55.5 Å². The van der Waals surface area contributed by atoms with E-state index in [0.717, 1.165) is 41.6 Å². The first kappa shape index (κ1) is 32.1. The van der Waals surface area contributed by atoms with E-state index < -0.39 is 6.36 Å². The maximum absolute atomic E-state index is 12.8. The number of thioether (sulfide) groups is 1. The highest BCUT2D eigenvalue weighted by atomic mass is 32.2. The van der Waals surface area contributed by atoms with E-state index in [4.69, 9.17) is 12.2 Å². The third-order valence-electron chi connectivity index (χ3n) is 6.89. The third-order valence-corrected chi connectivity index (χ3v) is 8.00. The highest BCUT2D eigenvalue weighted by molar-refractivity contribution is 8.15. The standard InChI is InChI=1S/C31H30F3N7O2S2/c1-3-4-7-22-8-5-6-9-26(22)41-27(42)18-45-30(41)36-29(44)38-37-20(2)21-10-12-23(13-11-21)28-35-19-40(39-28)24-14-16-25(17-15-24)43-31(32,33)34/h5-6,8-17,19-20,37H,3-4,7,18H2,1-2H3,(H,38,44). The van der Waals surface area contributed by atoms with E-state index in [2.05, 4.69) is 37.6 Å². The number of nitrogens with one attached hydrogen (secondary N) is 2. The summed E-state index contributed by atoms with van der Waals surface area (Å²) < 4.78 is 42.7. The van der Waals surface area contributed by atoms with Gasteiger partial charge in [-0.1, -0.05) is 67.6 Å². The number of benzene rings is 3. The zero-order chi connectivity index (χ0) is 32.0. The van der Waals surface area contributed by atoms with Crippen molar-refractivity contribution in [3.63, 3.8) is 0 Å². The minimum atomic E-state index is -4.75. The molecule has 2 heterocycles. The predicted molar refractivity (Wildman–Crippen MR) is 173 cm³/mol. The van der Waals surface area contributed by atoms with Crippen LogP contribution in [-0.4, -0.2) is 43.1 Å². The summed E-state index contributed by atoms with van der Waals surface area (Å²) in [6.45, 7) is 4.10. The van der Waals surface area contributed by atoms with E-state index in [-0.39, 0.29) is 22.8 Å². The number of amides is 1. The van der Waals surface area contributed by atoms with Crippen LogP contribution in [0, 0.1) is 0 Å². The van der Waals surface area contributed by atoms with Crippen molar-refractivity contribution in [3.05, 3.63) is 90.3 Å². The molecule has 2 N–H and O–H groups in total. The Labute approximate surface area is 267 Å². The number of hydrogen-bond donors (Lipinski definition) is 2. The number of hydrogen-bond acceptors (Lipinski definition) is 7. The van der Waals surface area contributed by atoms with Crippen LogP contribution in [-0.2, 0) is 11.2 Å². The molecule has 1 amide bonds. The van der Waals surface area contributed by atoms with Gasteiger partial charge in [0.25, 0.3) is 0 Å². The monoisotopic (exact) mass is 653 g/mol. The zero-order valence-electron chi connectivity index (χ0n) is 24.4. The fraction of sp³-hybridized carbons (Fsp3) is 0.258. The van der Waals surface area contributed by atoms with Crippen LogP contribution < -0.4 is 20.5 Å². The Kier molecular flexibility index (Phi) is 10.2. The molecule has 0 spiro atoms. The molecule has 4 aromatic rings. The van der Waals surface area contributed by atoms with E-state index in [9.17, 15) is 18.0 Å². The lowest BCUT2D eigenvalue weighted by molar-refractivity contribution is -0.274. The highest BCUT2D eigenvalue weighted by Gasteiger charge is 2.32.